The number of hydrogen-bond donors (Lipinski definition) is 0. The molecule has 5 heteroatoms. The fourth-order valence-corrected chi connectivity index (χ4v) is 3.21. The number of halogens is 1. The Kier molecular flexibility index (Phi) is 4.03. The number of nitriles is 1. The maximum Gasteiger partial charge on any atom is 0.127 e. The van der Waals surface area contributed by atoms with E-state index in [1.807, 2.05) is 37.3 Å². The maximum absolute atomic E-state index is 13.8. The van der Waals surface area contributed by atoms with Crippen molar-refractivity contribution < 1.29 is 4.39 Å². The van der Waals surface area contributed by atoms with Crippen LogP contribution in [0, 0.1) is 24.1 Å². The van der Waals surface area contributed by atoms with Crippen molar-refractivity contribution in [2.75, 3.05) is 0 Å². The van der Waals surface area contributed by atoms with E-state index in [0.29, 0.717) is 22.7 Å². The monoisotopic (exact) mass is 309 g/mol. The first kappa shape index (κ1) is 14.5. The normalized spacial score (nSPS) is 10.6. The van der Waals surface area contributed by atoms with Crippen molar-refractivity contribution in [1.29, 1.82) is 5.26 Å². The number of hydrogen-bond acceptors (Lipinski definition) is 4. The van der Waals surface area contributed by atoms with E-state index in [1.165, 1.54) is 23.9 Å². The molecule has 1 heterocycles. The molecule has 0 unspecified atom stereocenters. The number of benzene rings is 2. The molecule has 0 radical (unpaired) electrons. The lowest BCUT2D eigenvalue weighted by molar-refractivity contribution is 0.617. The molecule has 0 amide bonds. The maximum atomic E-state index is 13.8. The van der Waals surface area contributed by atoms with Crippen LogP contribution in [-0.2, 0) is 5.75 Å². The predicted octanol–water partition coefficient (Wildman–Crippen LogP) is 4.24. The third kappa shape index (κ3) is 2.92. The van der Waals surface area contributed by atoms with Crippen molar-refractivity contribution in [3.05, 3.63) is 65.2 Å². The lowest BCUT2D eigenvalue weighted by Crippen LogP contribution is -1.94. The van der Waals surface area contributed by atoms with Gasteiger partial charge in [0.1, 0.15) is 16.7 Å². The van der Waals surface area contributed by atoms with Crippen molar-refractivity contribution in [2.24, 2.45) is 0 Å². The zero-order chi connectivity index (χ0) is 15.5. The van der Waals surface area contributed by atoms with Gasteiger partial charge in [-0.25, -0.2) is 14.4 Å². The average Bonchev–Trinajstić information content (AvgIpc) is 2.53. The molecule has 0 aliphatic carbocycles. The van der Waals surface area contributed by atoms with E-state index in [-0.39, 0.29) is 5.82 Å². The van der Waals surface area contributed by atoms with Gasteiger partial charge in [-0.2, -0.15) is 5.26 Å². The van der Waals surface area contributed by atoms with Crippen molar-refractivity contribution in [1.82, 2.24) is 9.97 Å². The van der Waals surface area contributed by atoms with Crippen LogP contribution in [0.4, 0.5) is 4.39 Å². The fourth-order valence-electron chi connectivity index (χ4n) is 2.17. The first-order chi connectivity index (χ1) is 10.7. The second-order valence-corrected chi connectivity index (χ2v) is 5.76. The summed E-state index contributed by atoms with van der Waals surface area (Å²) < 4.78 is 13.8. The van der Waals surface area contributed by atoms with Gasteiger partial charge < -0.3 is 0 Å². The number of rotatable bonds is 3. The molecule has 0 saturated heterocycles. The molecule has 3 nitrogen and oxygen atoms in total. The fraction of sp³-hybridized carbons (Fsp3) is 0.118. The smallest absolute Gasteiger partial charge is 0.127 e. The van der Waals surface area contributed by atoms with Gasteiger partial charge in [-0.1, -0.05) is 18.2 Å². The molecule has 3 aromatic rings. The standard InChI is InChI=1S/C17H12FN3S/c1-11-20-16-5-3-2-4-14(16)17(21-11)22-10-13-8-12(9-19)6-7-15(13)18/h2-8H,10H2,1H3. The van der Waals surface area contributed by atoms with Gasteiger partial charge in [0.05, 0.1) is 17.1 Å². The van der Waals surface area contributed by atoms with Crippen LogP contribution in [0.3, 0.4) is 0 Å². The number of thioether (sulfide) groups is 1. The minimum Gasteiger partial charge on any atom is -0.233 e. The van der Waals surface area contributed by atoms with Gasteiger partial charge in [-0.3, -0.25) is 0 Å². The number of aromatic nitrogens is 2. The summed E-state index contributed by atoms with van der Waals surface area (Å²) in [5, 5.41) is 10.7. The van der Waals surface area contributed by atoms with Crippen molar-refractivity contribution in [2.45, 2.75) is 17.7 Å². The van der Waals surface area contributed by atoms with E-state index < -0.39 is 0 Å². The van der Waals surface area contributed by atoms with E-state index in [0.717, 1.165) is 15.9 Å². The summed E-state index contributed by atoms with van der Waals surface area (Å²) in [6, 6.07) is 14.2. The largest absolute Gasteiger partial charge is 0.233 e. The predicted molar refractivity (Wildman–Crippen MR) is 85.0 cm³/mol. The Morgan fingerprint density at radius 1 is 1.18 bits per heavy atom. The highest BCUT2D eigenvalue weighted by Crippen LogP contribution is 2.29. The van der Waals surface area contributed by atoms with E-state index in [1.54, 1.807) is 6.07 Å². The molecule has 0 spiro atoms. The second-order valence-electron chi connectivity index (χ2n) is 4.80. The Balaban J connectivity index is 1.93. The van der Waals surface area contributed by atoms with Crippen LogP contribution >= 0.6 is 11.8 Å². The Hall–Kier alpha value is -2.45. The molecular formula is C17H12FN3S. The van der Waals surface area contributed by atoms with Gasteiger partial charge in [0.25, 0.3) is 0 Å². The molecule has 108 valence electrons. The van der Waals surface area contributed by atoms with Crippen LogP contribution in [0.25, 0.3) is 10.9 Å². The van der Waals surface area contributed by atoms with Gasteiger partial charge in [0.15, 0.2) is 0 Å². The highest BCUT2D eigenvalue weighted by atomic mass is 32.2. The zero-order valence-corrected chi connectivity index (χ0v) is 12.7. The van der Waals surface area contributed by atoms with E-state index in [9.17, 15) is 4.39 Å². The molecule has 0 aliphatic rings. The van der Waals surface area contributed by atoms with Crippen molar-refractivity contribution in [3.63, 3.8) is 0 Å². The van der Waals surface area contributed by atoms with Crippen LogP contribution in [0.5, 0.6) is 0 Å². The quantitative estimate of drug-likeness (QED) is 0.536. The summed E-state index contributed by atoms with van der Waals surface area (Å²) >= 11 is 1.45. The van der Waals surface area contributed by atoms with Crippen LogP contribution < -0.4 is 0 Å². The van der Waals surface area contributed by atoms with Crippen LogP contribution in [-0.4, -0.2) is 9.97 Å². The molecule has 22 heavy (non-hydrogen) atoms. The first-order valence-corrected chi connectivity index (χ1v) is 7.70. The lowest BCUT2D eigenvalue weighted by atomic mass is 10.1. The molecule has 2 aromatic carbocycles. The van der Waals surface area contributed by atoms with Gasteiger partial charge in [0.2, 0.25) is 0 Å². The minimum atomic E-state index is -0.304. The molecule has 0 N–H and O–H groups in total. The first-order valence-electron chi connectivity index (χ1n) is 6.72. The summed E-state index contributed by atoms with van der Waals surface area (Å²) in [7, 11) is 0. The van der Waals surface area contributed by atoms with Gasteiger partial charge in [-0.15, -0.1) is 11.8 Å². The van der Waals surface area contributed by atoms with Gasteiger partial charge in [0, 0.05) is 11.1 Å². The van der Waals surface area contributed by atoms with E-state index >= 15 is 0 Å². The molecule has 0 fully saturated rings. The molecule has 0 aliphatic heterocycles. The Morgan fingerprint density at radius 2 is 2.00 bits per heavy atom. The number of nitrogens with zero attached hydrogens (tertiary/aromatic N) is 3. The third-order valence-electron chi connectivity index (χ3n) is 3.22. The summed E-state index contributed by atoms with van der Waals surface area (Å²) in [5.74, 6) is 0.802. The van der Waals surface area contributed by atoms with Gasteiger partial charge >= 0.3 is 0 Å². The zero-order valence-electron chi connectivity index (χ0n) is 11.9. The highest BCUT2D eigenvalue weighted by molar-refractivity contribution is 7.98. The molecule has 0 bridgehead atoms. The SMILES string of the molecule is Cc1nc(SCc2cc(C#N)ccc2F)c2ccccc2n1. The van der Waals surface area contributed by atoms with Crippen LogP contribution in [0.15, 0.2) is 47.5 Å². The lowest BCUT2D eigenvalue weighted by Gasteiger charge is -2.07. The topological polar surface area (TPSA) is 49.6 Å². The molecule has 0 saturated carbocycles. The molecule has 1 aromatic heterocycles. The van der Waals surface area contributed by atoms with Crippen molar-refractivity contribution in [3.8, 4) is 6.07 Å². The summed E-state index contributed by atoms with van der Waals surface area (Å²) in [5.41, 5.74) is 1.84. The Bertz CT molecular complexity index is 887. The summed E-state index contributed by atoms with van der Waals surface area (Å²) in [4.78, 5) is 8.85. The minimum absolute atomic E-state index is 0.304. The van der Waals surface area contributed by atoms with Crippen molar-refractivity contribution >= 4 is 22.7 Å². The molecule has 3 rings (SSSR count). The number of aryl methyl sites for hydroxylation is 1. The second kappa shape index (κ2) is 6.12. The summed E-state index contributed by atoms with van der Waals surface area (Å²) in [6.45, 7) is 1.84. The third-order valence-corrected chi connectivity index (χ3v) is 4.26. The average molecular weight is 309 g/mol. The van der Waals surface area contributed by atoms with Crippen LogP contribution in [0.1, 0.15) is 17.0 Å². The number of fused-ring (bicyclic) bond motifs is 1. The Labute approximate surface area is 131 Å². The molecule has 0 atom stereocenters. The van der Waals surface area contributed by atoms with E-state index in [4.69, 9.17) is 5.26 Å². The Morgan fingerprint density at radius 3 is 2.82 bits per heavy atom. The van der Waals surface area contributed by atoms with Crippen LogP contribution in [0.2, 0.25) is 0 Å². The van der Waals surface area contributed by atoms with E-state index in [2.05, 4.69) is 9.97 Å². The summed E-state index contributed by atoms with van der Waals surface area (Å²) in [6.07, 6.45) is 0. The molecular weight excluding hydrogens is 297 g/mol. The number of para-hydroxylation sites is 1. The van der Waals surface area contributed by atoms with Gasteiger partial charge in [-0.05, 0) is 36.8 Å². The highest BCUT2D eigenvalue weighted by Gasteiger charge is 2.09.